The summed E-state index contributed by atoms with van der Waals surface area (Å²) in [6.45, 7) is 1.80. The molecule has 1 saturated heterocycles. The number of piperidine rings is 1. The molecule has 110 valence electrons. The monoisotopic (exact) mass is 287 g/mol. The normalized spacial score (nSPS) is 17.1. The molecule has 0 saturated carbocycles. The number of likely N-dealkylation sites (tertiary alicyclic amines) is 1. The Morgan fingerprint density at radius 2 is 1.85 bits per heavy atom. The van der Waals surface area contributed by atoms with E-state index in [9.17, 15) is 18.0 Å². The van der Waals surface area contributed by atoms with Crippen LogP contribution in [0.15, 0.2) is 18.2 Å². The Balaban J connectivity index is 2.28. The van der Waals surface area contributed by atoms with Gasteiger partial charge in [-0.25, -0.2) is 4.79 Å². The fourth-order valence-corrected chi connectivity index (χ4v) is 2.47. The Hall–Kier alpha value is -1.56. The molecule has 6 heteroatoms. The minimum absolute atomic E-state index is 0.143. The number of nitrogens with zero attached hydrogens (tertiary/aromatic N) is 1. The average molecular weight is 287 g/mol. The summed E-state index contributed by atoms with van der Waals surface area (Å²) in [5.41, 5.74) is -1.04. The van der Waals surface area contributed by atoms with E-state index in [2.05, 4.69) is 0 Å². The van der Waals surface area contributed by atoms with Crippen LogP contribution in [0.2, 0.25) is 0 Å². The van der Waals surface area contributed by atoms with Crippen molar-refractivity contribution in [2.24, 2.45) is 0 Å². The van der Waals surface area contributed by atoms with E-state index in [-0.39, 0.29) is 17.7 Å². The van der Waals surface area contributed by atoms with Gasteiger partial charge in [0.25, 0.3) is 0 Å². The fourth-order valence-electron chi connectivity index (χ4n) is 2.47. The Labute approximate surface area is 115 Å². The van der Waals surface area contributed by atoms with Crippen molar-refractivity contribution in [3.63, 3.8) is 0 Å². The number of rotatable bonds is 3. The Kier molecular flexibility index (Phi) is 4.32. The molecule has 1 heterocycles. The number of hydrogen-bond acceptors (Lipinski definition) is 2. The van der Waals surface area contributed by atoms with E-state index in [4.69, 9.17) is 5.11 Å². The largest absolute Gasteiger partial charge is 0.478 e. The van der Waals surface area contributed by atoms with Crippen molar-refractivity contribution >= 4 is 5.97 Å². The number of carboxylic acids is 1. The van der Waals surface area contributed by atoms with Crippen LogP contribution in [0, 0.1) is 0 Å². The van der Waals surface area contributed by atoms with Crippen molar-refractivity contribution in [1.82, 2.24) is 4.90 Å². The molecule has 1 N–H and O–H groups in total. The minimum atomic E-state index is -4.53. The van der Waals surface area contributed by atoms with Crippen LogP contribution >= 0.6 is 0 Å². The van der Waals surface area contributed by atoms with Crippen LogP contribution < -0.4 is 0 Å². The van der Waals surface area contributed by atoms with E-state index in [1.165, 1.54) is 12.1 Å². The molecule has 3 nitrogen and oxygen atoms in total. The van der Waals surface area contributed by atoms with Gasteiger partial charge >= 0.3 is 12.1 Å². The summed E-state index contributed by atoms with van der Waals surface area (Å²) in [4.78, 5) is 12.8. The first-order valence-electron chi connectivity index (χ1n) is 6.53. The zero-order valence-electron chi connectivity index (χ0n) is 10.9. The third kappa shape index (κ3) is 3.50. The van der Waals surface area contributed by atoms with Crippen molar-refractivity contribution in [1.29, 1.82) is 0 Å². The lowest BCUT2D eigenvalue weighted by Crippen LogP contribution is -2.30. The lowest BCUT2D eigenvalue weighted by molar-refractivity contribution is -0.138. The zero-order valence-corrected chi connectivity index (χ0v) is 10.9. The third-order valence-electron chi connectivity index (χ3n) is 3.50. The standard InChI is InChI=1S/C14H16F3NO2/c15-14(16,17)12-8-10(13(19)20)4-5-11(12)9-18-6-2-1-3-7-18/h4-5,8H,1-3,6-7,9H2,(H,19,20). The van der Waals surface area contributed by atoms with E-state index in [1.807, 2.05) is 4.90 Å². The van der Waals surface area contributed by atoms with E-state index in [1.54, 1.807) is 0 Å². The minimum Gasteiger partial charge on any atom is -0.478 e. The van der Waals surface area contributed by atoms with Crippen LogP contribution in [0.25, 0.3) is 0 Å². The molecule has 0 amide bonds. The summed E-state index contributed by atoms with van der Waals surface area (Å²) in [7, 11) is 0. The second-order valence-corrected chi connectivity index (χ2v) is 5.01. The van der Waals surface area contributed by atoms with Gasteiger partial charge in [-0.1, -0.05) is 12.5 Å². The van der Waals surface area contributed by atoms with Gasteiger partial charge in [0.15, 0.2) is 0 Å². The predicted molar refractivity (Wildman–Crippen MR) is 67.5 cm³/mol. The average Bonchev–Trinajstić information content (AvgIpc) is 2.39. The summed E-state index contributed by atoms with van der Waals surface area (Å²) in [6.07, 6.45) is -1.43. The molecule has 2 rings (SSSR count). The summed E-state index contributed by atoms with van der Waals surface area (Å²) < 4.78 is 39.1. The Bertz CT molecular complexity index is 494. The van der Waals surface area contributed by atoms with E-state index in [0.29, 0.717) is 0 Å². The van der Waals surface area contributed by atoms with E-state index >= 15 is 0 Å². The van der Waals surface area contributed by atoms with Gasteiger partial charge in [0.2, 0.25) is 0 Å². The second-order valence-electron chi connectivity index (χ2n) is 5.01. The van der Waals surface area contributed by atoms with Gasteiger partial charge < -0.3 is 5.11 Å². The molecule has 1 aliphatic rings. The lowest BCUT2D eigenvalue weighted by Gasteiger charge is -2.27. The van der Waals surface area contributed by atoms with Crippen molar-refractivity contribution in [3.05, 3.63) is 34.9 Å². The molecular weight excluding hydrogens is 271 g/mol. The smallest absolute Gasteiger partial charge is 0.416 e. The first-order valence-corrected chi connectivity index (χ1v) is 6.53. The highest BCUT2D eigenvalue weighted by atomic mass is 19.4. The van der Waals surface area contributed by atoms with Crippen molar-refractivity contribution in [3.8, 4) is 0 Å². The topological polar surface area (TPSA) is 40.5 Å². The predicted octanol–water partition coefficient (Wildman–Crippen LogP) is 3.39. The summed E-state index contributed by atoms with van der Waals surface area (Å²) in [6, 6.07) is 3.24. The SMILES string of the molecule is O=C(O)c1ccc(CN2CCCCC2)c(C(F)(F)F)c1. The number of alkyl halides is 3. The molecule has 0 bridgehead atoms. The van der Waals surface area contributed by atoms with Crippen molar-refractivity contribution < 1.29 is 23.1 Å². The zero-order chi connectivity index (χ0) is 14.8. The molecule has 20 heavy (non-hydrogen) atoms. The number of hydrogen-bond donors (Lipinski definition) is 1. The third-order valence-corrected chi connectivity index (χ3v) is 3.50. The second kappa shape index (κ2) is 5.83. The molecule has 0 aliphatic carbocycles. The summed E-state index contributed by atoms with van der Waals surface area (Å²) in [5, 5.41) is 8.81. The molecule has 0 radical (unpaired) electrons. The molecule has 0 atom stereocenters. The first kappa shape index (κ1) is 14.8. The lowest BCUT2D eigenvalue weighted by atomic mass is 10.0. The van der Waals surface area contributed by atoms with Crippen LogP contribution in [0.3, 0.4) is 0 Å². The number of aromatic carboxylic acids is 1. The maximum absolute atomic E-state index is 13.0. The van der Waals surface area contributed by atoms with Gasteiger partial charge in [-0.15, -0.1) is 0 Å². The first-order chi connectivity index (χ1) is 9.38. The fraction of sp³-hybridized carbons (Fsp3) is 0.500. The number of carbonyl (C=O) groups is 1. The Morgan fingerprint density at radius 1 is 1.20 bits per heavy atom. The highest BCUT2D eigenvalue weighted by Gasteiger charge is 2.34. The molecule has 1 aliphatic heterocycles. The molecule has 1 fully saturated rings. The van der Waals surface area contributed by atoms with Crippen LogP contribution in [-0.4, -0.2) is 29.1 Å². The molecular formula is C14H16F3NO2. The molecule has 0 spiro atoms. The summed E-state index contributed by atoms with van der Waals surface area (Å²) in [5.74, 6) is -1.35. The van der Waals surface area contributed by atoms with Gasteiger partial charge in [0.05, 0.1) is 11.1 Å². The van der Waals surface area contributed by atoms with Gasteiger partial charge in [0.1, 0.15) is 0 Å². The highest BCUT2D eigenvalue weighted by molar-refractivity contribution is 5.88. The maximum atomic E-state index is 13.0. The maximum Gasteiger partial charge on any atom is 0.416 e. The van der Waals surface area contributed by atoms with Gasteiger partial charge in [-0.05, 0) is 43.6 Å². The van der Waals surface area contributed by atoms with Gasteiger partial charge in [-0.3, -0.25) is 4.90 Å². The quantitative estimate of drug-likeness (QED) is 0.926. The number of carboxylic acid groups (broad SMARTS) is 1. The van der Waals surface area contributed by atoms with Crippen molar-refractivity contribution in [2.45, 2.75) is 32.0 Å². The summed E-state index contributed by atoms with van der Waals surface area (Å²) >= 11 is 0. The molecule has 0 aromatic heterocycles. The van der Waals surface area contributed by atoms with Gasteiger partial charge in [-0.2, -0.15) is 13.2 Å². The van der Waals surface area contributed by atoms with Crippen LogP contribution in [0.5, 0.6) is 0 Å². The van der Waals surface area contributed by atoms with Crippen LogP contribution in [0.4, 0.5) is 13.2 Å². The highest BCUT2D eigenvalue weighted by Crippen LogP contribution is 2.33. The van der Waals surface area contributed by atoms with Crippen LogP contribution in [0.1, 0.15) is 40.7 Å². The van der Waals surface area contributed by atoms with Crippen LogP contribution in [-0.2, 0) is 12.7 Å². The number of benzene rings is 1. The molecule has 1 aromatic carbocycles. The molecule has 0 unspecified atom stereocenters. The number of halogens is 3. The Morgan fingerprint density at radius 3 is 2.40 bits per heavy atom. The van der Waals surface area contributed by atoms with E-state index in [0.717, 1.165) is 38.4 Å². The van der Waals surface area contributed by atoms with Crippen molar-refractivity contribution in [2.75, 3.05) is 13.1 Å². The van der Waals surface area contributed by atoms with Gasteiger partial charge in [0, 0.05) is 6.54 Å². The van der Waals surface area contributed by atoms with E-state index < -0.39 is 17.7 Å². The molecule has 1 aromatic rings.